The van der Waals surface area contributed by atoms with E-state index in [0.29, 0.717) is 11.0 Å². The zero-order valence-electron chi connectivity index (χ0n) is 12.4. The first kappa shape index (κ1) is 14.3. The number of nitrogens with one attached hydrogen (secondary N) is 1. The smallest absolute Gasteiger partial charge is 0.283 e. The van der Waals surface area contributed by atoms with Crippen molar-refractivity contribution in [1.82, 2.24) is 24.5 Å². The lowest BCUT2D eigenvalue weighted by molar-refractivity contribution is 0.253. The van der Waals surface area contributed by atoms with Gasteiger partial charge < -0.3 is 0 Å². The van der Waals surface area contributed by atoms with Crippen molar-refractivity contribution in [2.75, 3.05) is 5.32 Å². The van der Waals surface area contributed by atoms with Crippen LogP contribution in [0, 0.1) is 20.8 Å². The van der Waals surface area contributed by atoms with Crippen LogP contribution in [0.5, 0.6) is 0 Å². The molecule has 0 saturated heterocycles. The second-order valence-corrected chi connectivity index (χ2v) is 5.77. The summed E-state index contributed by atoms with van der Waals surface area (Å²) in [5, 5.41) is 3.28. The van der Waals surface area contributed by atoms with Gasteiger partial charge in [-0.1, -0.05) is 11.3 Å². The van der Waals surface area contributed by atoms with Crippen LogP contribution in [0.2, 0.25) is 0 Å². The second kappa shape index (κ2) is 5.64. The zero-order valence-corrected chi connectivity index (χ0v) is 13.2. The second-order valence-electron chi connectivity index (χ2n) is 4.78. The maximum absolute atomic E-state index is 12.0. The minimum absolute atomic E-state index is 0.298. The topological polar surface area (TPSA) is 85.6 Å². The normalized spacial score (nSPS) is 10.7. The lowest BCUT2D eigenvalue weighted by Gasteiger charge is -2.01. The summed E-state index contributed by atoms with van der Waals surface area (Å²) in [5.74, 6) is 0.715. The van der Waals surface area contributed by atoms with Crippen LogP contribution in [0.15, 0.2) is 24.8 Å². The van der Waals surface area contributed by atoms with Gasteiger partial charge in [0.1, 0.15) is 12.2 Å². The Hall–Kier alpha value is -2.61. The molecule has 0 unspecified atom stereocenters. The predicted octanol–water partition coefficient (Wildman–Crippen LogP) is 2.80. The molecular formula is C14H14N6OS. The van der Waals surface area contributed by atoms with Gasteiger partial charge in [0.25, 0.3) is 0 Å². The van der Waals surface area contributed by atoms with E-state index < -0.39 is 0 Å². The Balaban J connectivity index is 1.89. The molecule has 0 fully saturated rings. The first-order chi connectivity index (χ1) is 10.5. The van der Waals surface area contributed by atoms with Gasteiger partial charge in [-0.15, -0.1) is 0 Å². The van der Waals surface area contributed by atoms with Gasteiger partial charge in [0.15, 0.2) is 5.13 Å². The Morgan fingerprint density at radius 1 is 1.23 bits per heavy atom. The van der Waals surface area contributed by atoms with Gasteiger partial charge in [-0.05, 0) is 26.8 Å². The van der Waals surface area contributed by atoms with Crippen molar-refractivity contribution in [3.63, 3.8) is 0 Å². The summed E-state index contributed by atoms with van der Waals surface area (Å²) in [5.41, 5.74) is 2.55. The lowest BCUT2D eigenvalue weighted by atomic mass is 10.2. The standard InChI is InChI=1S/C14H14N6OS/c1-8-6-11(18-10(3)16-8)12-9(2)17-13(22-12)19-14(21)20-5-4-15-7-20/h4-7H,1-3H3,(H,17,19,21). The molecule has 1 N–H and O–H groups in total. The number of hydrogen-bond acceptors (Lipinski definition) is 6. The average molecular weight is 314 g/mol. The van der Waals surface area contributed by atoms with Crippen LogP contribution >= 0.6 is 11.3 Å². The molecule has 3 rings (SSSR count). The molecule has 0 aromatic carbocycles. The Morgan fingerprint density at radius 3 is 2.73 bits per heavy atom. The molecule has 0 spiro atoms. The molecule has 1 amide bonds. The molecule has 22 heavy (non-hydrogen) atoms. The molecule has 0 aliphatic heterocycles. The predicted molar refractivity (Wildman–Crippen MR) is 84.0 cm³/mol. The van der Waals surface area contributed by atoms with Crippen molar-refractivity contribution in [2.24, 2.45) is 0 Å². The van der Waals surface area contributed by atoms with Crippen molar-refractivity contribution in [1.29, 1.82) is 0 Å². The first-order valence-electron chi connectivity index (χ1n) is 6.62. The summed E-state index contributed by atoms with van der Waals surface area (Å²) in [6.07, 6.45) is 4.56. The van der Waals surface area contributed by atoms with Gasteiger partial charge in [-0.25, -0.2) is 24.7 Å². The monoisotopic (exact) mass is 314 g/mol. The fraction of sp³-hybridized carbons (Fsp3) is 0.214. The Kier molecular flexibility index (Phi) is 3.68. The molecule has 3 aromatic heterocycles. The lowest BCUT2D eigenvalue weighted by Crippen LogP contribution is -2.17. The summed E-state index contributed by atoms with van der Waals surface area (Å²) < 4.78 is 1.36. The van der Waals surface area contributed by atoms with Gasteiger partial charge in [-0.2, -0.15) is 0 Å². The van der Waals surface area contributed by atoms with Crippen LogP contribution in [0.1, 0.15) is 17.2 Å². The number of aryl methyl sites for hydroxylation is 3. The minimum atomic E-state index is -0.298. The van der Waals surface area contributed by atoms with E-state index in [0.717, 1.165) is 22.0 Å². The van der Waals surface area contributed by atoms with E-state index in [2.05, 4.69) is 25.3 Å². The van der Waals surface area contributed by atoms with Crippen LogP contribution in [0.25, 0.3) is 10.6 Å². The summed E-state index contributed by atoms with van der Waals surface area (Å²) in [7, 11) is 0. The highest BCUT2D eigenvalue weighted by Crippen LogP contribution is 2.31. The van der Waals surface area contributed by atoms with Crippen molar-refractivity contribution < 1.29 is 4.79 Å². The minimum Gasteiger partial charge on any atom is -0.283 e. The maximum atomic E-state index is 12.0. The summed E-state index contributed by atoms with van der Waals surface area (Å²) in [4.78, 5) is 29.9. The van der Waals surface area contributed by atoms with Crippen LogP contribution in [0.4, 0.5) is 9.93 Å². The number of rotatable bonds is 2. The average Bonchev–Trinajstić information content (AvgIpc) is 3.07. The maximum Gasteiger partial charge on any atom is 0.333 e. The third-order valence-corrected chi connectivity index (χ3v) is 4.04. The van der Waals surface area contributed by atoms with E-state index >= 15 is 0 Å². The van der Waals surface area contributed by atoms with E-state index in [-0.39, 0.29) is 6.03 Å². The highest BCUT2D eigenvalue weighted by atomic mass is 32.1. The third-order valence-electron chi connectivity index (χ3n) is 2.95. The van der Waals surface area contributed by atoms with E-state index in [4.69, 9.17) is 0 Å². The molecule has 0 aliphatic carbocycles. The molecular weight excluding hydrogens is 300 g/mol. The number of carbonyl (C=O) groups is 1. The molecule has 3 aromatic rings. The number of anilines is 1. The number of amides is 1. The van der Waals surface area contributed by atoms with Crippen LogP contribution < -0.4 is 5.32 Å². The number of carbonyl (C=O) groups excluding carboxylic acids is 1. The van der Waals surface area contributed by atoms with Crippen LogP contribution in [0.3, 0.4) is 0 Å². The largest absolute Gasteiger partial charge is 0.333 e. The Bertz CT molecular complexity index is 804. The molecule has 0 bridgehead atoms. The number of nitrogens with zero attached hydrogens (tertiary/aromatic N) is 5. The SMILES string of the molecule is Cc1cc(-c2sc(NC(=O)n3ccnc3)nc2C)nc(C)n1. The fourth-order valence-corrected chi connectivity index (χ4v) is 2.97. The Morgan fingerprint density at radius 2 is 2.05 bits per heavy atom. The van der Waals surface area contributed by atoms with Crippen LogP contribution in [-0.2, 0) is 0 Å². The van der Waals surface area contributed by atoms with E-state index in [9.17, 15) is 4.79 Å². The molecule has 0 radical (unpaired) electrons. The quantitative estimate of drug-likeness (QED) is 0.786. The van der Waals surface area contributed by atoms with Crippen molar-refractivity contribution in [2.45, 2.75) is 20.8 Å². The highest BCUT2D eigenvalue weighted by Gasteiger charge is 2.14. The number of imidazole rings is 1. The van der Waals surface area contributed by atoms with Gasteiger partial charge in [0.2, 0.25) is 0 Å². The number of thiazole rings is 1. The molecule has 0 saturated carbocycles. The molecule has 7 nitrogen and oxygen atoms in total. The third kappa shape index (κ3) is 2.86. The summed E-state index contributed by atoms with van der Waals surface area (Å²) in [6.45, 7) is 5.68. The van der Waals surface area contributed by atoms with Crippen molar-refractivity contribution in [3.8, 4) is 10.6 Å². The molecule has 8 heteroatoms. The fourth-order valence-electron chi connectivity index (χ4n) is 2.06. The van der Waals surface area contributed by atoms with Gasteiger partial charge in [-0.3, -0.25) is 9.88 Å². The summed E-state index contributed by atoms with van der Waals surface area (Å²) in [6, 6.07) is 1.61. The number of aromatic nitrogens is 5. The van der Waals surface area contributed by atoms with E-state index in [1.54, 1.807) is 12.4 Å². The van der Waals surface area contributed by atoms with Gasteiger partial charge in [0.05, 0.1) is 16.3 Å². The molecule has 112 valence electrons. The Labute approximate surface area is 131 Å². The van der Waals surface area contributed by atoms with Crippen molar-refractivity contribution >= 4 is 22.5 Å². The van der Waals surface area contributed by atoms with Gasteiger partial charge in [0, 0.05) is 18.1 Å². The molecule has 3 heterocycles. The van der Waals surface area contributed by atoms with Crippen LogP contribution in [-0.4, -0.2) is 30.5 Å². The van der Waals surface area contributed by atoms with Crippen molar-refractivity contribution in [3.05, 3.63) is 42.0 Å². The molecule has 0 aliphatic rings. The summed E-state index contributed by atoms with van der Waals surface area (Å²) >= 11 is 1.39. The highest BCUT2D eigenvalue weighted by molar-refractivity contribution is 7.19. The number of hydrogen-bond donors (Lipinski definition) is 1. The van der Waals surface area contributed by atoms with E-state index in [1.165, 1.54) is 22.2 Å². The molecule has 0 atom stereocenters. The zero-order chi connectivity index (χ0) is 15.7. The van der Waals surface area contributed by atoms with E-state index in [1.807, 2.05) is 26.8 Å². The first-order valence-corrected chi connectivity index (χ1v) is 7.44. The van der Waals surface area contributed by atoms with Gasteiger partial charge >= 0.3 is 6.03 Å².